The SMILES string of the molecule is CC/C=C\C/C=C\C/C=C\C/C=C\C/C=C\C/C=C\C/C=C\CCCCCCCC(=O)OCC(COC(=O)CCCCCCC/C=C\C/C=C\CCCCC)OC(=O)CCCCCCCCC/C=C\C/C=C\C/C=C\CC. The van der Waals surface area contributed by atoms with Gasteiger partial charge in [-0.2, -0.15) is 0 Å². The van der Waals surface area contributed by atoms with E-state index in [1.165, 1.54) is 51.4 Å². The number of unbranched alkanes of at least 4 members (excludes halogenated alkanes) is 20. The maximum absolute atomic E-state index is 12.9. The molecule has 0 aromatic rings. The van der Waals surface area contributed by atoms with Gasteiger partial charge in [-0.25, -0.2) is 0 Å². The fourth-order valence-corrected chi connectivity index (χ4v) is 8.17. The van der Waals surface area contributed by atoms with Gasteiger partial charge in [0.2, 0.25) is 0 Å². The van der Waals surface area contributed by atoms with Gasteiger partial charge in [0.05, 0.1) is 0 Å². The van der Waals surface area contributed by atoms with Crippen LogP contribution in [-0.4, -0.2) is 37.2 Å². The fraction of sp³-hybridized carbons (Fsp3) is 0.620. The second-order valence-electron chi connectivity index (χ2n) is 20.2. The lowest BCUT2D eigenvalue weighted by atomic mass is 10.1. The fourth-order valence-electron chi connectivity index (χ4n) is 8.17. The third-order valence-corrected chi connectivity index (χ3v) is 12.8. The van der Waals surface area contributed by atoms with Crippen LogP contribution >= 0.6 is 0 Å². The van der Waals surface area contributed by atoms with Crippen LogP contribution in [0.25, 0.3) is 0 Å². The molecule has 0 heterocycles. The number of allylic oxidation sites excluding steroid dienone is 24. The molecule has 0 spiro atoms. The van der Waals surface area contributed by atoms with Gasteiger partial charge in [0.15, 0.2) is 6.10 Å². The average molecular weight is 1060 g/mol. The largest absolute Gasteiger partial charge is 0.462 e. The molecular formula is C71H114O6. The van der Waals surface area contributed by atoms with E-state index in [1.807, 2.05) is 0 Å². The molecule has 0 bridgehead atoms. The number of hydrogen-bond acceptors (Lipinski definition) is 6. The minimum absolute atomic E-state index is 0.101. The first-order valence-corrected chi connectivity index (χ1v) is 31.3. The van der Waals surface area contributed by atoms with Crippen LogP contribution in [0.3, 0.4) is 0 Å². The molecule has 0 rings (SSSR count). The number of esters is 3. The van der Waals surface area contributed by atoms with E-state index in [0.717, 1.165) is 173 Å². The molecule has 0 radical (unpaired) electrons. The lowest BCUT2D eigenvalue weighted by molar-refractivity contribution is -0.167. The quantitative estimate of drug-likeness (QED) is 0.0261. The molecule has 0 fully saturated rings. The highest BCUT2D eigenvalue weighted by Crippen LogP contribution is 2.14. The normalized spacial score (nSPS) is 13.1. The third-order valence-electron chi connectivity index (χ3n) is 12.8. The van der Waals surface area contributed by atoms with Crippen molar-refractivity contribution in [3.05, 3.63) is 146 Å². The van der Waals surface area contributed by atoms with Crippen LogP contribution in [0.15, 0.2) is 146 Å². The van der Waals surface area contributed by atoms with Gasteiger partial charge in [0.25, 0.3) is 0 Å². The van der Waals surface area contributed by atoms with Crippen LogP contribution < -0.4 is 0 Å². The summed E-state index contributed by atoms with van der Waals surface area (Å²) in [5.74, 6) is -0.944. The number of carbonyl (C=O) groups excluding carboxylic acids is 3. The zero-order valence-electron chi connectivity index (χ0n) is 49.7. The van der Waals surface area contributed by atoms with E-state index in [-0.39, 0.29) is 31.1 Å². The highest BCUT2D eigenvalue weighted by Gasteiger charge is 2.19. The number of rotatable bonds is 55. The highest BCUT2D eigenvalue weighted by atomic mass is 16.6. The molecule has 0 amide bonds. The van der Waals surface area contributed by atoms with E-state index in [4.69, 9.17) is 14.2 Å². The molecule has 1 unspecified atom stereocenters. The van der Waals surface area contributed by atoms with Crippen LogP contribution in [0, 0.1) is 0 Å². The molecule has 0 aliphatic heterocycles. The molecule has 77 heavy (non-hydrogen) atoms. The van der Waals surface area contributed by atoms with Crippen LogP contribution in [0.2, 0.25) is 0 Å². The van der Waals surface area contributed by atoms with Crippen molar-refractivity contribution in [2.24, 2.45) is 0 Å². The van der Waals surface area contributed by atoms with Crippen LogP contribution in [0.4, 0.5) is 0 Å². The van der Waals surface area contributed by atoms with Gasteiger partial charge in [0, 0.05) is 19.3 Å². The first-order valence-electron chi connectivity index (χ1n) is 31.3. The third kappa shape index (κ3) is 62.0. The Morgan fingerprint density at radius 1 is 0.273 bits per heavy atom. The maximum atomic E-state index is 12.9. The van der Waals surface area contributed by atoms with Crippen molar-refractivity contribution in [1.82, 2.24) is 0 Å². The van der Waals surface area contributed by atoms with Gasteiger partial charge in [-0.1, -0.05) is 250 Å². The summed E-state index contributed by atoms with van der Waals surface area (Å²) >= 11 is 0. The van der Waals surface area contributed by atoms with Crippen molar-refractivity contribution >= 4 is 17.9 Å². The van der Waals surface area contributed by atoms with Crippen molar-refractivity contribution in [3.63, 3.8) is 0 Å². The molecular weight excluding hydrogens is 949 g/mol. The second-order valence-corrected chi connectivity index (χ2v) is 20.2. The Morgan fingerprint density at radius 2 is 0.506 bits per heavy atom. The zero-order chi connectivity index (χ0) is 55.7. The number of carbonyl (C=O) groups is 3. The molecule has 6 heteroatoms. The van der Waals surface area contributed by atoms with Crippen molar-refractivity contribution < 1.29 is 28.6 Å². The van der Waals surface area contributed by atoms with E-state index >= 15 is 0 Å². The average Bonchev–Trinajstić information content (AvgIpc) is 3.43. The Hall–Kier alpha value is -4.71. The monoisotopic (exact) mass is 1060 g/mol. The smallest absolute Gasteiger partial charge is 0.306 e. The Kier molecular flexibility index (Phi) is 59.9. The summed E-state index contributed by atoms with van der Waals surface area (Å²) in [5.41, 5.74) is 0. The Labute approximate surface area is 474 Å². The maximum Gasteiger partial charge on any atom is 0.306 e. The molecule has 434 valence electrons. The van der Waals surface area contributed by atoms with Crippen molar-refractivity contribution in [2.45, 2.75) is 271 Å². The minimum atomic E-state index is -0.805. The van der Waals surface area contributed by atoms with Crippen molar-refractivity contribution in [3.8, 4) is 0 Å². The molecule has 1 atom stereocenters. The molecule has 0 saturated carbocycles. The summed E-state index contributed by atoms with van der Waals surface area (Å²) in [7, 11) is 0. The van der Waals surface area contributed by atoms with Gasteiger partial charge in [-0.15, -0.1) is 0 Å². The topological polar surface area (TPSA) is 78.9 Å². The zero-order valence-corrected chi connectivity index (χ0v) is 49.7. The van der Waals surface area contributed by atoms with Gasteiger partial charge in [0.1, 0.15) is 13.2 Å². The Morgan fingerprint density at radius 3 is 0.792 bits per heavy atom. The summed E-state index contributed by atoms with van der Waals surface area (Å²) in [5, 5.41) is 0. The van der Waals surface area contributed by atoms with Crippen LogP contribution in [-0.2, 0) is 28.6 Å². The summed E-state index contributed by atoms with van der Waals surface area (Å²) in [6.45, 7) is 6.35. The summed E-state index contributed by atoms with van der Waals surface area (Å²) < 4.78 is 16.9. The summed E-state index contributed by atoms with van der Waals surface area (Å²) in [4.78, 5) is 38.3. The predicted octanol–water partition coefficient (Wildman–Crippen LogP) is 21.5. The summed E-state index contributed by atoms with van der Waals surface area (Å²) in [6.07, 6.45) is 91.2. The Bertz CT molecular complexity index is 1700. The van der Waals surface area contributed by atoms with E-state index in [1.54, 1.807) is 0 Å². The van der Waals surface area contributed by atoms with E-state index < -0.39 is 6.10 Å². The molecule has 0 saturated heterocycles. The molecule has 6 nitrogen and oxygen atoms in total. The van der Waals surface area contributed by atoms with Crippen LogP contribution in [0.1, 0.15) is 265 Å². The molecule has 0 aromatic heterocycles. The molecule has 0 aliphatic rings. The van der Waals surface area contributed by atoms with Crippen molar-refractivity contribution in [1.29, 1.82) is 0 Å². The molecule has 0 aromatic carbocycles. The van der Waals surface area contributed by atoms with Crippen LogP contribution in [0.5, 0.6) is 0 Å². The number of hydrogen-bond donors (Lipinski definition) is 0. The molecule has 0 aliphatic carbocycles. The Balaban J connectivity index is 4.44. The van der Waals surface area contributed by atoms with E-state index in [9.17, 15) is 14.4 Å². The first-order chi connectivity index (χ1) is 38.0. The minimum Gasteiger partial charge on any atom is -0.462 e. The standard InChI is InChI=1S/C71H114O6/c1-4-7-10-13-16-19-22-25-28-30-31-32-33-34-35-36-37-38-39-41-43-46-49-52-55-58-61-64-70(73)76-67-68(66-75-69(72)63-60-57-54-51-48-45-42-27-24-21-18-15-12-9-6-3)77-71(74)65-62-59-56-53-50-47-44-40-29-26-23-20-17-14-11-8-5-2/h7-8,10-11,16-21,25-29,31-32,34-35,37-38,41-43,68H,4-6,9,12-15,22-24,30,33,36,39-40,44-67H2,1-3H3/b10-7-,11-8-,19-16-,20-17-,21-18-,28-25-,29-26-,32-31-,35-34-,38-37-,42-27-,43-41-. The van der Waals surface area contributed by atoms with Gasteiger partial charge in [-0.3, -0.25) is 14.4 Å². The first kappa shape index (κ1) is 72.3. The van der Waals surface area contributed by atoms with Gasteiger partial charge < -0.3 is 14.2 Å². The summed E-state index contributed by atoms with van der Waals surface area (Å²) in [6, 6.07) is 0. The lowest BCUT2D eigenvalue weighted by Crippen LogP contribution is -2.30. The number of ether oxygens (including phenoxy) is 3. The van der Waals surface area contributed by atoms with E-state index in [0.29, 0.717) is 19.3 Å². The highest BCUT2D eigenvalue weighted by molar-refractivity contribution is 5.71. The van der Waals surface area contributed by atoms with Gasteiger partial charge in [-0.05, 0) is 141 Å². The second kappa shape index (κ2) is 63.8. The van der Waals surface area contributed by atoms with Crippen molar-refractivity contribution in [2.75, 3.05) is 13.2 Å². The van der Waals surface area contributed by atoms with Gasteiger partial charge >= 0.3 is 17.9 Å². The van der Waals surface area contributed by atoms with E-state index in [2.05, 4.69) is 167 Å². The lowest BCUT2D eigenvalue weighted by Gasteiger charge is -2.18. The predicted molar refractivity (Wildman–Crippen MR) is 334 cm³/mol. The molecule has 0 N–H and O–H groups in total.